The van der Waals surface area contributed by atoms with Gasteiger partial charge in [0.05, 0.1) is 0 Å². The average molecular weight is 357 g/mol. The predicted molar refractivity (Wildman–Crippen MR) is 111 cm³/mol. The molecule has 136 valence electrons. The number of aldehydes is 2. The number of benzene rings is 3. The Morgan fingerprint density at radius 3 is 1.44 bits per heavy atom. The number of anilines is 3. The highest BCUT2D eigenvalue weighted by Gasteiger charge is 2.12. The molecular formula is C24H23NO2. The molecule has 0 N–H and O–H groups in total. The zero-order valence-corrected chi connectivity index (χ0v) is 15.5. The van der Waals surface area contributed by atoms with Crippen molar-refractivity contribution in [3.05, 3.63) is 89.5 Å². The van der Waals surface area contributed by atoms with Crippen molar-refractivity contribution in [2.75, 3.05) is 4.90 Å². The Morgan fingerprint density at radius 1 is 0.667 bits per heavy atom. The first-order valence-corrected chi connectivity index (χ1v) is 9.24. The third kappa shape index (κ3) is 4.50. The molecule has 0 fully saturated rings. The number of rotatable bonds is 8. The Bertz CT molecular complexity index is 830. The second-order valence-corrected chi connectivity index (χ2v) is 6.52. The molecule has 0 aliphatic rings. The molecule has 0 aromatic heterocycles. The van der Waals surface area contributed by atoms with Crippen LogP contribution in [-0.4, -0.2) is 12.6 Å². The number of hydrogen-bond donors (Lipinski definition) is 0. The number of nitrogens with zero attached hydrogens (tertiary/aromatic N) is 1. The SMILES string of the molecule is CCCCc1ccc(N(c2ccc(C=O)cc2)c2ccc(C=O)cc2)cc1. The maximum Gasteiger partial charge on any atom is 0.150 e. The van der Waals surface area contributed by atoms with Gasteiger partial charge in [0.25, 0.3) is 0 Å². The molecule has 27 heavy (non-hydrogen) atoms. The van der Waals surface area contributed by atoms with Gasteiger partial charge in [-0.3, -0.25) is 9.59 Å². The third-order valence-electron chi connectivity index (χ3n) is 4.59. The van der Waals surface area contributed by atoms with Gasteiger partial charge in [-0.2, -0.15) is 0 Å². The van der Waals surface area contributed by atoms with Crippen LogP contribution in [0, 0.1) is 0 Å². The second-order valence-electron chi connectivity index (χ2n) is 6.52. The van der Waals surface area contributed by atoms with Crippen molar-refractivity contribution in [1.29, 1.82) is 0 Å². The molecule has 0 atom stereocenters. The minimum atomic E-state index is 0.643. The van der Waals surface area contributed by atoms with Crippen molar-refractivity contribution < 1.29 is 9.59 Å². The topological polar surface area (TPSA) is 37.4 Å². The first-order chi connectivity index (χ1) is 13.2. The number of carbonyl (C=O) groups is 2. The predicted octanol–water partition coefficient (Wildman–Crippen LogP) is 6.12. The van der Waals surface area contributed by atoms with Gasteiger partial charge in [0.2, 0.25) is 0 Å². The summed E-state index contributed by atoms with van der Waals surface area (Å²) >= 11 is 0. The van der Waals surface area contributed by atoms with Crippen LogP contribution in [0.25, 0.3) is 0 Å². The summed E-state index contributed by atoms with van der Waals surface area (Å²) < 4.78 is 0. The zero-order chi connectivity index (χ0) is 19.1. The van der Waals surface area contributed by atoms with Crippen molar-refractivity contribution >= 4 is 29.6 Å². The molecule has 3 aromatic carbocycles. The van der Waals surface area contributed by atoms with Crippen LogP contribution in [0.1, 0.15) is 46.0 Å². The minimum Gasteiger partial charge on any atom is -0.311 e. The first-order valence-electron chi connectivity index (χ1n) is 9.24. The van der Waals surface area contributed by atoms with E-state index in [-0.39, 0.29) is 0 Å². The van der Waals surface area contributed by atoms with E-state index in [2.05, 4.69) is 36.1 Å². The molecule has 0 saturated carbocycles. The maximum absolute atomic E-state index is 11.0. The molecule has 3 heteroatoms. The van der Waals surface area contributed by atoms with Crippen LogP contribution in [-0.2, 0) is 6.42 Å². The molecule has 0 aliphatic heterocycles. The van der Waals surface area contributed by atoms with Crippen LogP contribution in [0.2, 0.25) is 0 Å². The van der Waals surface area contributed by atoms with E-state index in [0.29, 0.717) is 11.1 Å². The summed E-state index contributed by atoms with van der Waals surface area (Å²) in [6.07, 6.45) is 5.13. The molecule has 0 heterocycles. The summed E-state index contributed by atoms with van der Waals surface area (Å²) in [5.41, 5.74) is 5.57. The Kier molecular flexibility index (Phi) is 6.16. The van der Waals surface area contributed by atoms with Gasteiger partial charge < -0.3 is 4.90 Å². The van der Waals surface area contributed by atoms with Gasteiger partial charge in [-0.1, -0.05) is 25.5 Å². The van der Waals surface area contributed by atoms with Crippen molar-refractivity contribution in [2.45, 2.75) is 26.2 Å². The summed E-state index contributed by atoms with van der Waals surface area (Å²) in [5.74, 6) is 0. The van der Waals surface area contributed by atoms with Crippen LogP contribution in [0.4, 0.5) is 17.1 Å². The summed E-state index contributed by atoms with van der Waals surface area (Å²) in [5, 5.41) is 0. The Morgan fingerprint density at radius 2 is 1.07 bits per heavy atom. The van der Waals surface area contributed by atoms with Crippen LogP contribution in [0.15, 0.2) is 72.8 Å². The normalized spacial score (nSPS) is 10.4. The number of unbranched alkanes of at least 4 members (excludes halogenated alkanes) is 1. The third-order valence-corrected chi connectivity index (χ3v) is 4.59. The molecule has 0 spiro atoms. The number of hydrogen-bond acceptors (Lipinski definition) is 3. The van der Waals surface area contributed by atoms with E-state index in [4.69, 9.17) is 0 Å². The van der Waals surface area contributed by atoms with Gasteiger partial charge in [0.1, 0.15) is 12.6 Å². The lowest BCUT2D eigenvalue weighted by Crippen LogP contribution is -2.10. The molecular weight excluding hydrogens is 334 g/mol. The Hall–Kier alpha value is -3.20. The fourth-order valence-electron chi connectivity index (χ4n) is 3.04. The number of aryl methyl sites for hydroxylation is 1. The summed E-state index contributed by atoms with van der Waals surface area (Å²) in [6.45, 7) is 2.20. The van der Waals surface area contributed by atoms with Crippen LogP contribution < -0.4 is 4.90 Å². The summed E-state index contributed by atoms with van der Waals surface area (Å²) in [6, 6.07) is 23.5. The van der Waals surface area contributed by atoms with Crippen LogP contribution in [0.5, 0.6) is 0 Å². The molecule has 3 nitrogen and oxygen atoms in total. The smallest absolute Gasteiger partial charge is 0.150 e. The van der Waals surface area contributed by atoms with E-state index in [1.807, 2.05) is 48.5 Å². The molecule has 3 aromatic rings. The lowest BCUT2D eigenvalue weighted by molar-refractivity contribution is 0.111. The monoisotopic (exact) mass is 357 g/mol. The fourth-order valence-corrected chi connectivity index (χ4v) is 3.04. The summed E-state index contributed by atoms with van der Waals surface area (Å²) in [7, 11) is 0. The van der Waals surface area contributed by atoms with Crippen molar-refractivity contribution in [1.82, 2.24) is 0 Å². The number of carbonyl (C=O) groups excluding carboxylic acids is 2. The second kappa shape index (κ2) is 8.95. The highest BCUT2D eigenvalue weighted by Crippen LogP contribution is 2.34. The molecule has 0 radical (unpaired) electrons. The van der Waals surface area contributed by atoms with E-state index >= 15 is 0 Å². The fraction of sp³-hybridized carbons (Fsp3) is 0.167. The van der Waals surface area contributed by atoms with Gasteiger partial charge in [0, 0.05) is 28.2 Å². The minimum absolute atomic E-state index is 0.643. The lowest BCUT2D eigenvalue weighted by Gasteiger charge is -2.25. The van der Waals surface area contributed by atoms with Crippen LogP contribution >= 0.6 is 0 Å². The Labute approximate surface area is 160 Å². The van der Waals surface area contributed by atoms with Gasteiger partial charge in [0.15, 0.2) is 0 Å². The lowest BCUT2D eigenvalue weighted by atomic mass is 10.1. The highest BCUT2D eigenvalue weighted by atomic mass is 16.1. The van der Waals surface area contributed by atoms with Gasteiger partial charge in [-0.15, -0.1) is 0 Å². The molecule has 3 rings (SSSR count). The van der Waals surface area contributed by atoms with Crippen molar-refractivity contribution in [2.24, 2.45) is 0 Å². The molecule has 0 unspecified atom stereocenters. The van der Waals surface area contributed by atoms with E-state index in [1.165, 1.54) is 18.4 Å². The molecule has 0 amide bonds. The van der Waals surface area contributed by atoms with E-state index in [9.17, 15) is 9.59 Å². The van der Waals surface area contributed by atoms with Crippen molar-refractivity contribution in [3.63, 3.8) is 0 Å². The van der Waals surface area contributed by atoms with Crippen LogP contribution in [0.3, 0.4) is 0 Å². The standard InChI is InChI=1S/C24H23NO2/c1-2-3-4-19-5-11-22(12-6-19)25(23-13-7-20(17-26)8-14-23)24-15-9-21(18-27)10-16-24/h5-18H,2-4H2,1H3. The molecule has 0 saturated heterocycles. The van der Waals surface area contributed by atoms with Crippen molar-refractivity contribution in [3.8, 4) is 0 Å². The Balaban J connectivity index is 1.99. The molecule has 0 bridgehead atoms. The maximum atomic E-state index is 11.0. The van der Waals surface area contributed by atoms with Gasteiger partial charge >= 0.3 is 0 Å². The largest absolute Gasteiger partial charge is 0.311 e. The van der Waals surface area contributed by atoms with E-state index in [0.717, 1.165) is 36.1 Å². The van der Waals surface area contributed by atoms with Gasteiger partial charge in [-0.05, 0) is 79.1 Å². The average Bonchev–Trinajstić information content (AvgIpc) is 2.74. The zero-order valence-electron chi connectivity index (χ0n) is 15.5. The van der Waals surface area contributed by atoms with E-state index < -0.39 is 0 Å². The first kappa shape index (κ1) is 18.6. The van der Waals surface area contributed by atoms with Gasteiger partial charge in [-0.25, -0.2) is 0 Å². The molecule has 0 aliphatic carbocycles. The highest BCUT2D eigenvalue weighted by molar-refractivity contribution is 5.82. The summed E-state index contributed by atoms with van der Waals surface area (Å²) in [4.78, 5) is 24.1. The quantitative estimate of drug-likeness (QED) is 0.455. The van der Waals surface area contributed by atoms with E-state index in [1.54, 1.807) is 0 Å².